The molecule has 9 heteroatoms. The zero-order valence-corrected chi connectivity index (χ0v) is 20.3. The van der Waals surface area contributed by atoms with E-state index in [2.05, 4.69) is 21.9 Å². The summed E-state index contributed by atoms with van der Waals surface area (Å²) in [5.41, 5.74) is 1.83. The van der Waals surface area contributed by atoms with Gasteiger partial charge in [0.15, 0.2) is 0 Å². The van der Waals surface area contributed by atoms with Crippen molar-refractivity contribution in [3.63, 3.8) is 0 Å². The van der Waals surface area contributed by atoms with Crippen LogP contribution in [0.3, 0.4) is 0 Å². The van der Waals surface area contributed by atoms with E-state index in [4.69, 9.17) is 15.1 Å². The van der Waals surface area contributed by atoms with E-state index in [1.54, 1.807) is 6.07 Å². The summed E-state index contributed by atoms with van der Waals surface area (Å²) >= 11 is 0. The van der Waals surface area contributed by atoms with Crippen molar-refractivity contribution < 1.29 is 23.4 Å². The second-order valence-corrected chi connectivity index (χ2v) is 9.33. The Bertz CT molecular complexity index is 1060. The summed E-state index contributed by atoms with van der Waals surface area (Å²) in [7, 11) is 0. The Labute approximate surface area is 210 Å². The molecule has 2 aliphatic heterocycles. The Morgan fingerprint density at radius 3 is 2.36 bits per heavy atom. The van der Waals surface area contributed by atoms with Crippen LogP contribution in [0.15, 0.2) is 42.5 Å². The summed E-state index contributed by atoms with van der Waals surface area (Å²) in [6.45, 7) is 5.69. The van der Waals surface area contributed by atoms with Crippen molar-refractivity contribution in [2.75, 3.05) is 57.3 Å². The highest BCUT2D eigenvalue weighted by molar-refractivity contribution is 5.65. The lowest BCUT2D eigenvalue weighted by Gasteiger charge is -2.34. The van der Waals surface area contributed by atoms with Crippen molar-refractivity contribution >= 4 is 11.8 Å². The van der Waals surface area contributed by atoms with Crippen LogP contribution in [0.1, 0.15) is 48.3 Å². The monoisotopic (exact) mass is 498 g/mol. The highest BCUT2D eigenvalue weighted by Gasteiger charge is 2.23. The second-order valence-electron chi connectivity index (χ2n) is 9.33. The number of anilines is 1. The lowest BCUT2D eigenvalue weighted by molar-refractivity contribution is 0.103. The van der Waals surface area contributed by atoms with Gasteiger partial charge in [-0.15, -0.1) is 0 Å². The van der Waals surface area contributed by atoms with Crippen molar-refractivity contribution in [3.05, 3.63) is 59.2 Å². The lowest BCUT2D eigenvalue weighted by Crippen LogP contribution is -2.48. The number of nitriles is 1. The number of carbonyl (C=O) groups is 1. The van der Waals surface area contributed by atoms with Crippen LogP contribution in [-0.2, 0) is 0 Å². The highest BCUT2D eigenvalue weighted by Crippen LogP contribution is 2.33. The van der Waals surface area contributed by atoms with Crippen molar-refractivity contribution in [2.45, 2.75) is 31.6 Å². The van der Waals surface area contributed by atoms with Gasteiger partial charge < -0.3 is 19.6 Å². The molecule has 192 valence electrons. The Morgan fingerprint density at radius 1 is 1.06 bits per heavy atom. The predicted octanol–water partition coefficient (Wildman–Crippen LogP) is 4.94. The van der Waals surface area contributed by atoms with Gasteiger partial charge in [0.2, 0.25) is 0 Å². The fraction of sp³-hybridized carbons (Fsp3) is 0.481. The van der Waals surface area contributed by atoms with Crippen LogP contribution in [0.4, 0.5) is 19.3 Å². The first-order valence-electron chi connectivity index (χ1n) is 12.4. The van der Waals surface area contributed by atoms with E-state index in [9.17, 15) is 13.6 Å². The maximum Gasteiger partial charge on any atom is 0.407 e. The van der Waals surface area contributed by atoms with Gasteiger partial charge in [-0.25, -0.2) is 13.6 Å². The van der Waals surface area contributed by atoms with Crippen LogP contribution in [0.2, 0.25) is 0 Å². The number of carboxylic acid groups (broad SMARTS) is 1. The standard InChI is InChI=1S/C27H32F2N4O3/c28-26(29)25-18-23(5-2-22(25)19-30)32-11-8-21(9-12-32)20-3-6-24(7-4-20)36-17-1-10-31-13-15-33(16-14-31)27(34)35/h2-7,18,21,26H,1,8-17H2,(H,34,35). The maximum absolute atomic E-state index is 13.3. The third-order valence-corrected chi connectivity index (χ3v) is 7.13. The number of hydrogen-bond donors (Lipinski definition) is 1. The van der Waals surface area contributed by atoms with E-state index in [-0.39, 0.29) is 11.1 Å². The molecule has 0 aliphatic carbocycles. The number of benzene rings is 2. The molecule has 2 aromatic carbocycles. The van der Waals surface area contributed by atoms with Gasteiger partial charge in [0.25, 0.3) is 6.43 Å². The largest absolute Gasteiger partial charge is 0.494 e. The highest BCUT2D eigenvalue weighted by atomic mass is 19.3. The van der Waals surface area contributed by atoms with E-state index in [1.165, 1.54) is 22.6 Å². The normalized spacial score (nSPS) is 17.3. The summed E-state index contributed by atoms with van der Waals surface area (Å²) in [6.07, 6.45) is -0.761. The van der Waals surface area contributed by atoms with Gasteiger partial charge in [-0.05, 0) is 61.1 Å². The molecule has 0 unspecified atom stereocenters. The Hall–Kier alpha value is -3.38. The van der Waals surface area contributed by atoms with Crippen LogP contribution in [0.25, 0.3) is 0 Å². The van der Waals surface area contributed by atoms with Crippen molar-refractivity contribution in [1.29, 1.82) is 5.26 Å². The fourth-order valence-corrected chi connectivity index (χ4v) is 4.98. The minimum absolute atomic E-state index is 0.0320. The molecule has 4 rings (SSSR count). The third-order valence-electron chi connectivity index (χ3n) is 7.13. The van der Waals surface area contributed by atoms with Gasteiger partial charge in [-0.2, -0.15) is 5.26 Å². The van der Waals surface area contributed by atoms with Crippen LogP contribution < -0.4 is 9.64 Å². The average molecular weight is 499 g/mol. The van der Waals surface area contributed by atoms with E-state index in [0.29, 0.717) is 25.6 Å². The molecular weight excluding hydrogens is 466 g/mol. The number of piperazine rings is 1. The molecular formula is C27H32F2N4O3. The Kier molecular flexibility index (Phi) is 8.60. The smallest absolute Gasteiger partial charge is 0.407 e. The summed E-state index contributed by atoms with van der Waals surface area (Å²) in [5.74, 6) is 1.25. The van der Waals surface area contributed by atoms with Crippen molar-refractivity contribution in [3.8, 4) is 11.8 Å². The zero-order chi connectivity index (χ0) is 25.5. The first kappa shape index (κ1) is 25.7. The summed E-state index contributed by atoms with van der Waals surface area (Å²) in [5, 5.41) is 18.1. The van der Waals surface area contributed by atoms with E-state index >= 15 is 0 Å². The first-order chi connectivity index (χ1) is 17.4. The molecule has 36 heavy (non-hydrogen) atoms. The lowest BCUT2D eigenvalue weighted by atomic mass is 9.89. The van der Waals surface area contributed by atoms with Gasteiger partial charge in [-0.3, -0.25) is 4.90 Å². The second kappa shape index (κ2) is 12.0. The SMILES string of the molecule is N#Cc1ccc(N2CCC(c3ccc(OCCCN4CCN(C(=O)O)CC4)cc3)CC2)cc1C(F)F. The first-order valence-corrected chi connectivity index (χ1v) is 12.4. The molecule has 2 aliphatic rings. The molecule has 0 saturated carbocycles. The summed E-state index contributed by atoms with van der Waals surface area (Å²) < 4.78 is 32.5. The molecule has 2 saturated heterocycles. The molecule has 0 aromatic heterocycles. The molecule has 7 nitrogen and oxygen atoms in total. The molecule has 0 bridgehead atoms. The summed E-state index contributed by atoms with van der Waals surface area (Å²) in [6, 6.07) is 14.8. The quantitative estimate of drug-likeness (QED) is 0.519. The van der Waals surface area contributed by atoms with Crippen LogP contribution in [-0.4, -0.2) is 73.4 Å². The minimum Gasteiger partial charge on any atom is -0.494 e. The Balaban J connectivity index is 1.20. The molecule has 2 aromatic rings. The van der Waals surface area contributed by atoms with Crippen LogP contribution in [0.5, 0.6) is 5.75 Å². The Morgan fingerprint density at radius 2 is 1.75 bits per heavy atom. The topological polar surface area (TPSA) is 80.0 Å². The van der Waals surface area contributed by atoms with Gasteiger partial charge in [0, 0.05) is 57.1 Å². The predicted molar refractivity (Wildman–Crippen MR) is 133 cm³/mol. The summed E-state index contributed by atoms with van der Waals surface area (Å²) in [4.78, 5) is 16.8. The number of halogens is 2. The molecule has 2 fully saturated rings. The zero-order valence-electron chi connectivity index (χ0n) is 20.3. The van der Waals surface area contributed by atoms with E-state index in [0.717, 1.165) is 63.4 Å². The van der Waals surface area contributed by atoms with Gasteiger partial charge in [0.1, 0.15) is 5.75 Å². The number of ether oxygens (including phenoxy) is 1. The number of hydrogen-bond acceptors (Lipinski definition) is 5. The van der Waals surface area contributed by atoms with Gasteiger partial charge >= 0.3 is 6.09 Å². The number of piperidine rings is 1. The van der Waals surface area contributed by atoms with E-state index in [1.807, 2.05) is 18.2 Å². The average Bonchev–Trinajstić information content (AvgIpc) is 2.91. The van der Waals surface area contributed by atoms with Crippen molar-refractivity contribution in [2.24, 2.45) is 0 Å². The van der Waals surface area contributed by atoms with Crippen LogP contribution in [0, 0.1) is 11.3 Å². The number of alkyl halides is 2. The van der Waals surface area contributed by atoms with Gasteiger partial charge in [0.05, 0.1) is 18.2 Å². The molecule has 0 radical (unpaired) electrons. The van der Waals surface area contributed by atoms with E-state index < -0.39 is 12.5 Å². The minimum atomic E-state index is -2.66. The molecule has 0 spiro atoms. The number of nitrogens with zero attached hydrogens (tertiary/aromatic N) is 4. The number of amides is 1. The number of rotatable bonds is 8. The van der Waals surface area contributed by atoms with Crippen molar-refractivity contribution in [1.82, 2.24) is 9.80 Å². The molecule has 2 heterocycles. The third kappa shape index (κ3) is 6.43. The fourth-order valence-electron chi connectivity index (χ4n) is 4.98. The van der Waals surface area contributed by atoms with Crippen LogP contribution >= 0.6 is 0 Å². The van der Waals surface area contributed by atoms with Gasteiger partial charge in [-0.1, -0.05) is 12.1 Å². The molecule has 0 atom stereocenters. The maximum atomic E-state index is 13.3. The molecule has 1 amide bonds. The molecule has 1 N–H and O–H groups in total.